The molecule has 2 rings (SSSR count). The van der Waals surface area contributed by atoms with Gasteiger partial charge in [0, 0.05) is 14.5 Å². The van der Waals surface area contributed by atoms with Crippen LogP contribution in [0, 0.1) is 3.57 Å². The van der Waals surface area contributed by atoms with Crippen LogP contribution in [0.3, 0.4) is 0 Å². The van der Waals surface area contributed by atoms with Crippen molar-refractivity contribution in [3.8, 4) is 0 Å². The number of furan rings is 1. The Balaban J connectivity index is 2.30. The fraction of sp³-hybridized carbons (Fsp3) is 0.250. The fourth-order valence-electron chi connectivity index (χ4n) is 1.56. The summed E-state index contributed by atoms with van der Waals surface area (Å²) in [7, 11) is 0. The van der Waals surface area contributed by atoms with E-state index in [1.807, 2.05) is 18.2 Å². The molecular weight excluding hydrogens is 319 g/mol. The van der Waals surface area contributed by atoms with E-state index in [-0.39, 0.29) is 12.4 Å². The first-order valence-corrected chi connectivity index (χ1v) is 6.10. The Kier molecular flexibility index (Phi) is 3.48. The van der Waals surface area contributed by atoms with E-state index in [4.69, 9.17) is 9.15 Å². The third-order valence-corrected chi connectivity index (χ3v) is 2.93. The maximum atomic E-state index is 11.4. The normalized spacial score (nSPS) is 10.6. The van der Waals surface area contributed by atoms with Gasteiger partial charge in [0.1, 0.15) is 5.58 Å². The third kappa shape index (κ3) is 2.37. The van der Waals surface area contributed by atoms with Gasteiger partial charge in [0.2, 0.25) is 0 Å². The Bertz CT molecular complexity index is 516. The molecule has 0 fully saturated rings. The van der Waals surface area contributed by atoms with Crippen LogP contribution in [0.4, 0.5) is 0 Å². The molecule has 0 saturated heterocycles. The SMILES string of the molecule is CCOC(=O)Cc1coc2ccc(I)cc12. The Morgan fingerprint density at radius 1 is 1.50 bits per heavy atom. The van der Waals surface area contributed by atoms with Gasteiger partial charge in [0.25, 0.3) is 0 Å². The van der Waals surface area contributed by atoms with Crippen molar-refractivity contribution in [1.82, 2.24) is 0 Å². The van der Waals surface area contributed by atoms with Crippen LogP contribution in [-0.4, -0.2) is 12.6 Å². The molecule has 0 aliphatic carbocycles. The fourth-order valence-corrected chi connectivity index (χ4v) is 2.05. The van der Waals surface area contributed by atoms with Crippen LogP contribution in [0.2, 0.25) is 0 Å². The predicted molar refractivity (Wildman–Crippen MR) is 69.3 cm³/mol. The number of halogens is 1. The Hall–Kier alpha value is -1.04. The second kappa shape index (κ2) is 4.86. The zero-order chi connectivity index (χ0) is 11.5. The summed E-state index contributed by atoms with van der Waals surface area (Å²) in [5.41, 5.74) is 1.69. The van der Waals surface area contributed by atoms with E-state index in [9.17, 15) is 4.79 Å². The number of carbonyl (C=O) groups is 1. The number of esters is 1. The molecule has 0 aliphatic heterocycles. The summed E-state index contributed by atoms with van der Waals surface area (Å²) in [4.78, 5) is 11.4. The minimum absolute atomic E-state index is 0.218. The molecule has 0 amide bonds. The Labute approximate surface area is 107 Å². The van der Waals surface area contributed by atoms with E-state index in [0.717, 1.165) is 20.1 Å². The summed E-state index contributed by atoms with van der Waals surface area (Å²) < 4.78 is 11.4. The summed E-state index contributed by atoms with van der Waals surface area (Å²) >= 11 is 2.23. The quantitative estimate of drug-likeness (QED) is 0.641. The standard InChI is InChI=1S/C12H11IO3/c1-2-15-12(14)5-8-7-16-11-4-3-9(13)6-10(8)11/h3-4,6-7H,2,5H2,1H3. The van der Waals surface area contributed by atoms with E-state index < -0.39 is 0 Å². The molecule has 1 aromatic heterocycles. The number of fused-ring (bicyclic) bond motifs is 1. The second-order valence-electron chi connectivity index (χ2n) is 3.38. The van der Waals surface area contributed by atoms with Gasteiger partial charge < -0.3 is 9.15 Å². The molecule has 0 saturated carbocycles. The first kappa shape index (κ1) is 11.4. The molecule has 16 heavy (non-hydrogen) atoms. The topological polar surface area (TPSA) is 39.4 Å². The van der Waals surface area contributed by atoms with Gasteiger partial charge in [0.05, 0.1) is 19.3 Å². The molecule has 0 spiro atoms. The van der Waals surface area contributed by atoms with E-state index in [0.29, 0.717) is 6.61 Å². The molecule has 1 aromatic carbocycles. The molecule has 1 heterocycles. The Morgan fingerprint density at radius 2 is 2.31 bits per heavy atom. The first-order chi connectivity index (χ1) is 7.70. The van der Waals surface area contributed by atoms with Crippen LogP contribution in [-0.2, 0) is 16.0 Å². The predicted octanol–water partition coefficient (Wildman–Crippen LogP) is 3.14. The number of hydrogen-bond donors (Lipinski definition) is 0. The zero-order valence-corrected chi connectivity index (χ0v) is 11.0. The molecule has 2 aromatic rings. The number of carbonyl (C=O) groups excluding carboxylic acids is 1. The van der Waals surface area contributed by atoms with Crippen LogP contribution in [0.15, 0.2) is 28.9 Å². The molecule has 0 N–H and O–H groups in total. The third-order valence-electron chi connectivity index (χ3n) is 2.26. The van der Waals surface area contributed by atoms with E-state index in [1.165, 1.54) is 0 Å². The summed E-state index contributed by atoms with van der Waals surface area (Å²) in [6.07, 6.45) is 1.89. The number of hydrogen-bond acceptors (Lipinski definition) is 3. The Morgan fingerprint density at radius 3 is 3.06 bits per heavy atom. The van der Waals surface area contributed by atoms with Crippen LogP contribution in [0.25, 0.3) is 11.0 Å². The maximum Gasteiger partial charge on any atom is 0.310 e. The van der Waals surface area contributed by atoms with Crippen LogP contribution < -0.4 is 0 Å². The van der Waals surface area contributed by atoms with Crippen molar-refractivity contribution < 1.29 is 13.9 Å². The van der Waals surface area contributed by atoms with Crippen LogP contribution in [0.5, 0.6) is 0 Å². The van der Waals surface area contributed by atoms with Gasteiger partial charge >= 0.3 is 5.97 Å². The minimum Gasteiger partial charge on any atom is -0.466 e. The van der Waals surface area contributed by atoms with Crippen LogP contribution in [0.1, 0.15) is 12.5 Å². The van der Waals surface area contributed by atoms with E-state index in [1.54, 1.807) is 13.2 Å². The van der Waals surface area contributed by atoms with Crippen molar-refractivity contribution in [3.63, 3.8) is 0 Å². The highest BCUT2D eigenvalue weighted by molar-refractivity contribution is 14.1. The first-order valence-electron chi connectivity index (χ1n) is 5.02. The molecule has 0 radical (unpaired) electrons. The van der Waals surface area contributed by atoms with Gasteiger partial charge in [-0.05, 0) is 47.7 Å². The summed E-state index contributed by atoms with van der Waals surface area (Å²) in [6, 6.07) is 5.89. The van der Waals surface area contributed by atoms with Crippen molar-refractivity contribution in [1.29, 1.82) is 0 Å². The molecule has 0 aliphatic rings. The number of ether oxygens (including phenoxy) is 1. The number of benzene rings is 1. The average molecular weight is 330 g/mol. The lowest BCUT2D eigenvalue weighted by Crippen LogP contribution is -2.06. The van der Waals surface area contributed by atoms with Gasteiger partial charge in [-0.15, -0.1) is 0 Å². The van der Waals surface area contributed by atoms with Crippen molar-refractivity contribution in [3.05, 3.63) is 33.6 Å². The lowest BCUT2D eigenvalue weighted by atomic mass is 10.1. The van der Waals surface area contributed by atoms with E-state index in [2.05, 4.69) is 22.6 Å². The van der Waals surface area contributed by atoms with E-state index >= 15 is 0 Å². The van der Waals surface area contributed by atoms with Crippen molar-refractivity contribution in [2.45, 2.75) is 13.3 Å². The van der Waals surface area contributed by atoms with Crippen molar-refractivity contribution in [2.24, 2.45) is 0 Å². The maximum absolute atomic E-state index is 11.4. The monoisotopic (exact) mass is 330 g/mol. The molecule has 0 atom stereocenters. The minimum atomic E-state index is -0.218. The van der Waals surface area contributed by atoms with Crippen LogP contribution >= 0.6 is 22.6 Å². The van der Waals surface area contributed by atoms with Crippen molar-refractivity contribution >= 4 is 39.5 Å². The van der Waals surface area contributed by atoms with Gasteiger partial charge in [-0.3, -0.25) is 4.79 Å². The lowest BCUT2D eigenvalue weighted by molar-refractivity contribution is -0.142. The molecular formula is C12H11IO3. The van der Waals surface area contributed by atoms with Gasteiger partial charge in [0.15, 0.2) is 0 Å². The highest BCUT2D eigenvalue weighted by Gasteiger charge is 2.11. The highest BCUT2D eigenvalue weighted by Crippen LogP contribution is 2.23. The molecule has 84 valence electrons. The molecule has 0 unspecified atom stereocenters. The second-order valence-corrected chi connectivity index (χ2v) is 4.63. The molecule has 4 heteroatoms. The zero-order valence-electron chi connectivity index (χ0n) is 8.83. The summed E-state index contributed by atoms with van der Waals surface area (Å²) in [5.74, 6) is -0.218. The summed E-state index contributed by atoms with van der Waals surface area (Å²) in [5, 5.41) is 0.986. The highest BCUT2D eigenvalue weighted by atomic mass is 127. The molecule has 3 nitrogen and oxygen atoms in total. The molecule has 0 bridgehead atoms. The van der Waals surface area contributed by atoms with Gasteiger partial charge in [-0.2, -0.15) is 0 Å². The summed E-state index contributed by atoms with van der Waals surface area (Å²) in [6.45, 7) is 2.21. The smallest absolute Gasteiger partial charge is 0.310 e. The van der Waals surface area contributed by atoms with Gasteiger partial charge in [-0.25, -0.2) is 0 Å². The van der Waals surface area contributed by atoms with Crippen molar-refractivity contribution in [2.75, 3.05) is 6.61 Å². The average Bonchev–Trinajstić information content (AvgIpc) is 2.61. The lowest BCUT2D eigenvalue weighted by Gasteiger charge is -1.99. The largest absolute Gasteiger partial charge is 0.466 e. The number of rotatable bonds is 3. The van der Waals surface area contributed by atoms with Gasteiger partial charge in [-0.1, -0.05) is 0 Å².